The van der Waals surface area contributed by atoms with E-state index in [-0.39, 0.29) is 17.4 Å². The summed E-state index contributed by atoms with van der Waals surface area (Å²) in [5.74, 6) is -0.340. The minimum Gasteiger partial charge on any atom is -0.321 e. The van der Waals surface area contributed by atoms with Crippen molar-refractivity contribution >= 4 is 34.9 Å². The maximum Gasteiger partial charge on any atom is 0.417 e. The van der Waals surface area contributed by atoms with E-state index in [9.17, 15) is 22.8 Å². The van der Waals surface area contributed by atoms with E-state index in [0.29, 0.717) is 11.3 Å². The molecule has 10 heteroatoms. The Morgan fingerprint density at radius 3 is 2.50 bits per heavy atom. The quantitative estimate of drug-likeness (QED) is 0.216. The molecule has 6 nitrogen and oxygen atoms in total. The Morgan fingerprint density at radius 2 is 1.90 bits per heavy atom. The van der Waals surface area contributed by atoms with E-state index in [1.54, 1.807) is 35.8 Å². The van der Waals surface area contributed by atoms with Crippen molar-refractivity contribution in [2.24, 2.45) is 4.99 Å². The van der Waals surface area contributed by atoms with Crippen molar-refractivity contribution in [2.75, 3.05) is 5.32 Å². The van der Waals surface area contributed by atoms with Gasteiger partial charge in [-0.1, -0.05) is 52.7 Å². The number of hydrogen-bond donors (Lipinski definition) is 1. The summed E-state index contributed by atoms with van der Waals surface area (Å²) in [6.45, 7) is 11.6. The number of aryl methyl sites for hydroxylation is 1. The van der Waals surface area contributed by atoms with Crippen molar-refractivity contribution in [2.45, 2.75) is 78.8 Å². The fraction of sp³-hybridized carbons (Fsp3) is 0.400. The van der Waals surface area contributed by atoms with Crippen LogP contribution in [0.15, 0.2) is 65.3 Å². The third-order valence-corrected chi connectivity index (χ3v) is 7.15. The molecule has 0 unspecified atom stereocenters. The first kappa shape index (κ1) is 32.7. The number of unbranched alkanes of at least 4 members (excludes halogenated alkanes) is 3. The summed E-state index contributed by atoms with van der Waals surface area (Å²) < 4.78 is 38.3. The highest BCUT2D eigenvalue weighted by Crippen LogP contribution is 2.31. The number of alkyl halides is 3. The largest absolute Gasteiger partial charge is 0.417 e. The van der Waals surface area contributed by atoms with Crippen LogP contribution in [0.1, 0.15) is 86.2 Å². The van der Waals surface area contributed by atoms with Crippen LogP contribution < -0.4 is 5.32 Å². The van der Waals surface area contributed by atoms with E-state index in [2.05, 4.69) is 35.7 Å². The molecule has 0 fully saturated rings. The number of aromatic nitrogens is 1. The van der Waals surface area contributed by atoms with Gasteiger partial charge in [0.15, 0.2) is 5.78 Å². The normalized spacial score (nSPS) is 13.2. The number of thiophene rings is 1. The molecule has 0 bridgehead atoms. The molecular formula is C30H37F3N4O2S. The SMILES string of the molecule is C=C1C=NC=CN1/C(=C\CCC)C(C)=O.CCCCCc1c(C(=O)Nc2cncc(C(F)(F)F)c2)csc1CC. The molecule has 0 aliphatic carbocycles. The lowest BCUT2D eigenvalue weighted by Gasteiger charge is -2.23. The van der Waals surface area contributed by atoms with Gasteiger partial charge in [-0.25, -0.2) is 0 Å². The van der Waals surface area contributed by atoms with Crippen LogP contribution in [0.25, 0.3) is 0 Å². The van der Waals surface area contributed by atoms with Crippen LogP contribution in [-0.4, -0.2) is 27.8 Å². The number of rotatable bonds is 11. The number of carbonyl (C=O) groups is 2. The number of pyridine rings is 1. The molecule has 1 N–H and O–H groups in total. The van der Waals surface area contributed by atoms with E-state index >= 15 is 0 Å². The molecule has 1 aliphatic heterocycles. The lowest BCUT2D eigenvalue weighted by atomic mass is 10.0. The highest BCUT2D eigenvalue weighted by molar-refractivity contribution is 7.10. The lowest BCUT2D eigenvalue weighted by molar-refractivity contribution is -0.137. The van der Waals surface area contributed by atoms with Gasteiger partial charge in [-0.3, -0.25) is 19.6 Å². The molecule has 3 heterocycles. The van der Waals surface area contributed by atoms with Gasteiger partial charge in [0, 0.05) is 35.8 Å². The van der Waals surface area contributed by atoms with E-state index in [0.717, 1.165) is 73.3 Å². The first-order chi connectivity index (χ1) is 19.0. The van der Waals surface area contributed by atoms with Crippen molar-refractivity contribution in [3.8, 4) is 0 Å². The molecule has 2 aromatic rings. The fourth-order valence-corrected chi connectivity index (χ4v) is 4.95. The predicted molar refractivity (Wildman–Crippen MR) is 156 cm³/mol. The van der Waals surface area contributed by atoms with Gasteiger partial charge in [0.05, 0.1) is 40.6 Å². The number of hydrogen-bond acceptors (Lipinski definition) is 6. The molecule has 2 aromatic heterocycles. The molecule has 1 aliphatic rings. The third kappa shape index (κ3) is 9.59. The number of anilines is 1. The van der Waals surface area contributed by atoms with Crippen LogP contribution in [0, 0.1) is 0 Å². The summed E-state index contributed by atoms with van der Waals surface area (Å²) in [5.41, 5.74) is 2.12. The number of halogens is 3. The van der Waals surface area contributed by atoms with Gasteiger partial charge in [-0.15, -0.1) is 11.3 Å². The number of Topliss-reactive ketones (excluding diaryl/α,β-unsaturated/α-hetero) is 1. The maximum atomic E-state index is 12.8. The summed E-state index contributed by atoms with van der Waals surface area (Å²) in [6, 6.07) is 0.898. The summed E-state index contributed by atoms with van der Waals surface area (Å²) in [5, 5.41) is 4.33. The zero-order valence-corrected chi connectivity index (χ0v) is 24.3. The second kappa shape index (κ2) is 15.9. The van der Waals surface area contributed by atoms with Crippen LogP contribution in [0.2, 0.25) is 0 Å². The first-order valence-electron chi connectivity index (χ1n) is 13.3. The van der Waals surface area contributed by atoms with Crippen molar-refractivity contribution in [3.63, 3.8) is 0 Å². The van der Waals surface area contributed by atoms with E-state index in [4.69, 9.17) is 0 Å². The Kier molecular flexibility index (Phi) is 13.0. The van der Waals surface area contributed by atoms with Crippen LogP contribution in [0.3, 0.4) is 0 Å². The van der Waals surface area contributed by atoms with Gasteiger partial charge >= 0.3 is 6.18 Å². The van der Waals surface area contributed by atoms with Crippen LogP contribution in [0.5, 0.6) is 0 Å². The summed E-state index contributed by atoms with van der Waals surface area (Å²) in [4.78, 5) is 34.4. The molecule has 216 valence electrons. The molecule has 40 heavy (non-hydrogen) atoms. The van der Waals surface area contributed by atoms with Crippen molar-refractivity contribution in [1.29, 1.82) is 0 Å². The fourth-order valence-electron chi connectivity index (χ4n) is 3.92. The van der Waals surface area contributed by atoms with E-state index in [1.807, 2.05) is 13.0 Å². The van der Waals surface area contributed by atoms with Crippen LogP contribution in [0.4, 0.5) is 18.9 Å². The monoisotopic (exact) mass is 574 g/mol. The Bertz CT molecular complexity index is 1260. The minimum absolute atomic E-state index is 0.0450. The summed E-state index contributed by atoms with van der Waals surface area (Å²) in [7, 11) is 0. The number of nitrogens with zero attached hydrogens (tertiary/aromatic N) is 3. The minimum atomic E-state index is -4.49. The second-order valence-electron chi connectivity index (χ2n) is 9.15. The Morgan fingerprint density at radius 1 is 1.15 bits per heavy atom. The maximum absolute atomic E-state index is 12.8. The van der Waals surface area contributed by atoms with E-state index < -0.39 is 11.7 Å². The van der Waals surface area contributed by atoms with Crippen molar-refractivity contribution < 1.29 is 22.8 Å². The van der Waals surface area contributed by atoms with Crippen molar-refractivity contribution in [1.82, 2.24) is 9.88 Å². The van der Waals surface area contributed by atoms with Gasteiger partial charge in [-0.05, 0) is 37.3 Å². The molecule has 3 rings (SSSR count). The highest BCUT2D eigenvalue weighted by atomic mass is 32.1. The van der Waals surface area contributed by atoms with Crippen LogP contribution >= 0.6 is 11.3 Å². The predicted octanol–water partition coefficient (Wildman–Crippen LogP) is 8.34. The van der Waals surface area contributed by atoms with Gasteiger partial charge in [0.25, 0.3) is 5.91 Å². The molecular weight excluding hydrogens is 537 g/mol. The average molecular weight is 575 g/mol. The Labute approximate surface area is 238 Å². The zero-order valence-electron chi connectivity index (χ0n) is 23.5. The Balaban J connectivity index is 0.000000319. The smallest absolute Gasteiger partial charge is 0.321 e. The van der Waals surface area contributed by atoms with Gasteiger partial charge in [-0.2, -0.15) is 13.2 Å². The first-order valence-corrected chi connectivity index (χ1v) is 14.2. The average Bonchev–Trinajstić information content (AvgIpc) is 3.33. The number of aliphatic imine (C=N–C) groups is 1. The topological polar surface area (TPSA) is 74.7 Å². The van der Waals surface area contributed by atoms with Crippen molar-refractivity contribution in [3.05, 3.63) is 81.9 Å². The van der Waals surface area contributed by atoms with Gasteiger partial charge < -0.3 is 10.2 Å². The number of allylic oxidation sites excluding steroid dienone is 3. The van der Waals surface area contributed by atoms with Crippen LogP contribution in [-0.2, 0) is 23.8 Å². The molecule has 0 atom stereocenters. The lowest BCUT2D eigenvalue weighted by Crippen LogP contribution is -2.22. The zero-order chi connectivity index (χ0) is 29.7. The number of amides is 1. The summed E-state index contributed by atoms with van der Waals surface area (Å²) in [6.07, 6.45) is 11.2. The number of nitrogens with one attached hydrogen (secondary N) is 1. The standard InChI is InChI=1S/C18H21F3N2OS.C12H16N2O/c1-3-5-6-7-14-15(11-25-16(14)4-2)17(24)23-13-8-12(9-22-10-13)18(19,20)21;1-4-5-6-12(11(3)15)14-8-7-13-9-10(14)2/h8-11H,3-7H2,1-2H3,(H,23,24);6-9H,2,4-5H2,1,3H3/b;12-6-. The van der Waals surface area contributed by atoms with Gasteiger partial charge in [0.2, 0.25) is 0 Å². The number of carbonyl (C=O) groups excluding carboxylic acids is 2. The second-order valence-corrected chi connectivity index (χ2v) is 10.1. The molecule has 0 spiro atoms. The molecule has 0 radical (unpaired) electrons. The molecule has 1 amide bonds. The summed E-state index contributed by atoms with van der Waals surface area (Å²) >= 11 is 1.52. The number of ketones is 1. The Hall–Kier alpha value is -3.53. The molecule has 0 aromatic carbocycles. The third-order valence-electron chi connectivity index (χ3n) is 5.98. The molecule has 0 saturated carbocycles. The van der Waals surface area contributed by atoms with Gasteiger partial charge in [0.1, 0.15) is 0 Å². The highest BCUT2D eigenvalue weighted by Gasteiger charge is 2.31. The molecule has 0 saturated heterocycles. The van der Waals surface area contributed by atoms with E-state index in [1.165, 1.54) is 17.5 Å².